The molecule has 1 fully saturated rings. The van der Waals surface area contributed by atoms with E-state index in [1.807, 2.05) is 47.1 Å². The average Bonchev–Trinajstić information content (AvgIpc) is 3.12. The van der Waals surface area contributed by atoms with Crippen LogP contribution in [0.4, 0.5) is 5.95 Å². The van der Waals surface area contributed by atoms with Crippen molar-refractivity contribution in [2.45, 2.75) is 6.54 Å². The molecule has 3 aromatic rings. The maximum Gasteiger partial charge on any atom is 0.332 e. The Morgan fingerprint density at radius 3 is 2.50 bits per heavy atom. The molecule has 28 heavy (non-hydrogen) atoms. The molecule has 0 bridgehead atoms. The standard InChI is InChI=1S/C20H23N5O3/c1-22-17-16(18(26)23(2)20(22)27)25(10-6-9-15-7-4-3-5-8-15)19(21-17)24-11-13-28-14-12-24/h3-9H,10-14H2,1-2H3. The van der Waals surface area contributed by atoms with Gasteiger partial charge in [0.15, 0.2) is 11.2 Å². The van der Waals surface area contributed by atoms with Crippen molar-refractivity contribution < 1.29 is 4.74 Å². The maximum absolute atomic E-state index is 12.9. The first-order valence-electron chi connectivity index (χ1n) is 9.28. The second kappa shape index (κ2) is 7.47. The molecule has 0 N–H and O–H groups in total. The van der Waals surface area contributed by atoms with Crippen LogP contribution in [0.2, 0.25) is 0 Å². The summed E-state index contributed by atoms with van der Waals surface area (Å²) in [5.74, 6) is 0.689. The fourth-order valence-electron chi connectivity index (χ4n) is 3.47. The molecule has 0 amide bonds. The van der Waals surface area contributed by atoms with E-state index in [-0.39, 0.29) is 11.2 Å². The first kappa shape index (κ1) is 18.2. The number of morpholine rings is 1. The summed E-state index contributed by atoms with van der Waals surface area (Å²) < 4.78 is 9.89. The van der Waals surface area contributed by atoms with Crippen LogP contribution in [0.1, 0.15) is 5.56 Å². The van der Waals surface area contributed by atoms with Gasteiger partial charge in [-0.05, 0) is 5.56 Å². The molecule has 2 aromatic heterocycles. The van der Waals surface area contributed by atoms with Crippen LogP contribution < -0.4 is 16.1 Å². The molecule has 146 valence electrons. The van der Waals surface area contributed by atoms with Crippen LogP contribution in [0.5, 0.6) is 0 Å². The zero-order chi connectivity index (χ0) is 19.7. The number of rotatable bonds is 4. The minimum atomic E-state index is -0.379. The molecule has 3 heterocycles. The number of ether oxygens (including phenoxy) is 1. The third kappa shape index (κ3) is 3.16. The lowest BCUT2D eigenvalue weighted by molar-refractivity contribution is 0.121. The fourth-order valence-corrected chi connectivity index (χ4v) is 3.47. The van der Waals surface area contributed by atoms with E-state index in [1.165, 1.54) is 11.6 Å². The minimum Gasteiger partial charge on any atom is -0.378 e. The second-order valence-electron chi connectivity index (χ2n) is 6.81. The summed E-state index contributed by atoms with van der Waals surface area (Å²) in [4.78, 5) is 32.0. The van der Waals surface area contributed by atoms with Crippen LogP contribution >= 0.6 is 0 Å². The first-order valence-corrected chi connectivity index (χ1v) is 9.28. The van der Waals surface area contributed by atoms with Crippen LogP contribution in [0.15, 0.2) is 46.0 Å². The van der Waals surface area contributed by atoms with E-state index < -0.39 is 0 Å². The molecule has 0 atom stereocenters. The summed E-state index contributed by atoms with van der Waals surface area (Å²) in [6.07, 6.45) is 4.02. The van der Waals surface area contributed by atoms with Crippen LogP contribution in [0, 0.1) is 0 Å². The Hall–Kier alpha value is -3.13. The lowest BCUT2D eigenvalue weighted by Crippen LogP contribution is -2.38. The predicted octanol–water partition coefficient (Wildman–Crippen LogP) is 0.984. The summed E-state index contributed by atoms with van der Waals surface area (Å²) in [5.41, 5.74) is 1.21. The van der Waals surface area contributed by atoms with Gasteiger partial charge in [0.05, 0.1) is 13.2 Å². The van der Waals surface area contributed by atoms with Gasteiger partial charge in [-0.1, -0.05) is 42.5 Å². The van der Waals surface area contributed by atoms with E-state index in [0.29, 0.717) is 50.0 Å². The third-order valence-electron chi connectivity index (χ3n) is 5.02. The normalized spacial score (nSPS) is 15.0. The van der Waals surface area contributed by atoms with Crippen molar-refractivity contribution >= 4 is 23.2 Å². The molecule has 1 aromatic carbocycles. The molecule has 8 nitrogen and oxygen atoms in total. The molecule has 1 aliphatic rings. The lowest BCUT2D eigenvalue weighted by atomic mass is 10.2. The van der Waals surface area contributed by atoms with Gasteiger partial charge in [-0.25, -0.2) is 4.79 Å². The van der Waals surface area contributed by atoms with Crippen molar-refractivity contribution in [3.63, 3.8) is 0 Å². The number of aryl methyl sites for hydroxylation is 1. The number of allylic oxidation sites excluding steroid dienone is 1. The van der Waals surface area contributed by atoms with E-state index in [9.17, 15) is 9.59 Å². The fraction of sp³-hybridized carbons (Fsp3) is 0.350. The molecule has 0 unspecified atom stereocenters. The monoisotopic (exact) mass is 381 g/mol. The Bertz CT molecular complexity index is 1130. The average molecular weight is 381 g/mol. The van der Waals surface area contributed by atoms with Gasteiger partial charge in [-0.3, -0.25) is 13.9 Å². The van der Waals surface area contributed by atoms with Crippen molar-refractivity contribution in [2.24, 2.45) is 14.1 Å². The van der Waals surface area contributed by atoms with Crippen molar-refractivity contribution in [1.29, 1.82) is 0 Å². The van der Waals surface area contributed by atoms with Crippen molar-refractivity contribution in [3.8, 4) is 0 Å². The van der Waals surface area contributed by atoms with E-state index in [4.69, 9.17) is 4.74 Å². The number of nitrogens with zero attached hydrogens (tertiary/aromatic N) is 5. The largest absolute Gasteiger partial charge is 0.378 e. The maximum atomic E-state index is 12.9. The van der Waals surface area contributed by atoms with E-state index in [0.717, 1.165) is 10.1 Å². The van der Waals surface area contributed by atoms with Gasteiger partial charge >= 0.3 is 5.69 Å². The van der Waals surface area contributed by atoms with Gasteiger partial charge in [0.2, 0.25) is 5.95 Å². The highest BCUT2D eigenvalue weighted by Gasteiger charge is 2.23. The number of imidazole rings is 1. The molecule has 1 saturated heterocycles. The van der Waals surface area contributed by atoms with Gasteiger partial charge in [0.25, 0.3) is 5.56 Å². The van der Waals surface area contributed by atoms with E-state index in [1.54, 1.807) is 7.05 Å². The molecule has 4 rings (SSSR count). The van der Waals surface area contributed by atoms with Gasteiger partial charge in [-0.2, -0.15) is 4.98 Å². The molecule has 0 radical (unpaired) electrons. The van der Waals surface area contributed by atoms with E-state index >= 15 is 0 Å². The Morgan fingerprint density at radius 2 is 1.79 bits per heavy atom. The number of benzene rings is 1. The van der Waals surface area contributed by atoms with Crippen LogP contribution in [-0.2, 0) is 25.4 Å². The number of anilines is 1. The molecule has 0 saturated carbocycles. The highest BCUT2D eigenvalue weighted by Crippen LogP contribution is 2.21. The smallest absolute Gasteiger partial charge is 0.332 e. The zero-order valence-corrected chi connectivity index (χ0v) is 16.0. The van der Waals surface area contributed by atoms with Crippen LogP contribution in [0.3, 0.4) is 0 Å². The topological polar surface area (TPSA) is 74.3 Å². The highest BCUT2D eigenvalue weighted by molar-refractivity contribution is 5.74. The number of aromatic nitrogens is 4. The Labute approximate surface area is 161 Å². The highest BCUT2D eigenvalue weighted by atomic mass is 16.5. The van der Waals surface area contributed by atoms with Crippen molar-refractivity contribution in [3.05, 3.63) is 62.8 Å². The summed E-state index contributed by atoms with van der Waals surface area (Å²) >= 11 is 0. The van der Waals surface area contributed by atoms with Crippen molar-refractivity contribution in [1.82, 2.24) is 18.7 Å². The Morgan fingerprint density at radius 1 is 1.07 bits per heavy atom. The number of hydrogen-bond acceptors (Lipinski definition) is 5. The minimum absolute atomic E-state index is 0.335. The Balaban J connectivity index is 1.84. The zero-order valence-electron chi connectivity index (χ0n) is 16.0. The number of fused-ring (bicyclic) bond motifs is 1. The Kier molecular flexibility index (Phi) is 4.87. The van der Waals surface area contributed by atoms with Gasteiger partial charge in [0, 0.05) is 33.7 Å². The third-order valence-corrected chi connectivity index (χ3v) is 5.02. The van der Waals surface area contributed by atoms with Crippen LogP contribution in [-0.4, -0.2) is 45.0 Å². The first-order chi connectivity index (χ1) is 13.6. The SMILES string of the molecule is Cn1c(=O)c2c(nc(N3CCOCC3)n2CC=Cc2ccccc2)n(C)c1=O. The molecule has 0 spiro atoms. The van der Waals surface area contributed by atoms with Crippen LogP contribution in [0.25, 0.3) is 17.2 Å². The summed E-state index contributed by atoms with van der Waals surface area (Å²) in [7, 11) is 3.14. The summed E-state index contributed by atoms with van der Waals surface area (Å²) in [6, 6.07) is 9.98. The molecular weight excluding hydrogens is 358 g/mol. The predicted molar refractivity (Wildman–Crippen MR) is 109 cm³/mol. The molecule has 8 heteroatoms. The quantitative estimate of drug-likeness (QED) is 0.674. The van der Waals surface area contributed by atoms with Gasteiger partial charge < -0.3 is 14.2 Å². The summed E-state index contributed by atoms with van der Waals surface area (Å²) in [5, 5.41) is 0. The lowest BCUT2D eigenvalue weighted by Gasteiger charge is -2.28. The summed E-state index contributed by atoms with van der Waals surface area (Å²) in [6.45, 7) is 3.09. The van der Waals surface area contributed by atoms with Crippen molar-refractivity contribution in [2.75, 3.05) is 31.2 Å². The molecule has 0 aliphatic carbocycles. The van der Waals surface area contributed by atoms with Gasteiger partial charge in [-0.15, -0.1) is 0 Å². The molecule has 1 aliphatic heterocycles. The van der Waals surface area contributed by atoms with E-state index in [2.05, 4.69) is 9.88 Å². The number of hydrogen-bond donors (Lipinski definition) is 0. The van der Waals surface area contributed by atoms with Gasteiger partial charge in [0.1, 0.15) is 0 Å². The molecular formula is C20H23N5O3. The second-order valence-corrected chi connectivity index (χ2v) is 6.81.